The van der Waals surface area contributed by atoms with Crippen molar-refractivity contribution in [1.82, 2.24) is 0 Å². The van der Waals surface area contributed by atoms with Crippen molar-refractivity contribution in [2.24, 2.45) is 40.4 Å². The summed E-state index contributed by atoms with van der Waals surface area (Å²) >= 11 is 0. The van der Waals surface area contributed by atoms with Gasteiger partial charge in [-0.2, -0.15) is 5.26 Å². The van der Waals surface area contributed by atoms with Gasteiger partial charge in [-0.1, -0.05) is 46.6 Å². The molecule has 0 bridgehead atoms. The van der Waals surface area contributed by atoms with E-state index in [0.717, 1.165) is 29.6 Å². The molecule has 3 aliphatic rings. The molecule has 3 saturated carbocycles. The second kappa shape index (κ2) is 6.51. The largest absolute Gasteiger partial charge is 0.193 e. The second-order valence-corrected chi connectivity index (χ2v) is 9.96. The minimum Gasteiger partial charge on any atom is -0.193 e. The van der Waals surface area contributed by atoms with Gasteiger partial charge in [0.25, 0.3) is 0 Å². The van der Waals surface area contributed by atoms with Gasteiger partial charge >= 0.3 is 0 Å². The lowest BCUT2D eigenvalue weighted by Gasteiger charge is -2.59. The molecule has 3 rings (SSSR count). The first-order valence-corrected chi connectivity index (χ1v) is 10.5. The first kappa shape index (κ1) is 18.0. The van der Waals surface area contributed by atoms with Crippen LogP contribution in [-0.4, -0.2) is 0 Å². The van der Waals surface area contributed by atoms with E-state index in [0.29, 0.717) is 10.8 Å². The van der Waals surface area contributed by atoms with Crippen molar-refractivity contribution in [3.05, 3.63) is 11.6 Å². The summed E-state index contributed by atoms with van der Waals surface area (Å²) in [5.41, 5.74) is 2.33. The van der Waals surface area contributed by atoms with E-state index in [-0.39, 0.29) is 0 Å². The second-order valence-electron chi connectivity index (χ2n) is 9.96. The number of allylic oxidation sites excluding steroid dienone is 2. The summed E-state index contributed by atoms with van der Waals surface area (Å²) in [6, 6.07) is 2.34. The highest BCUT2D eigenvalue weighted by Crippen LogP contribution is 2.66. The van der Waals surface area contributed by atoms with Gasteiger partial charge in [0.15, 0.2) is 0 Å². The lowest BCUT2D eigenvalue weighted by atomic mass is 9.46. The van der Waals surface area contributed by atoms with Crippen molar-refractivity contribution in [2.75, 3.05) is 0 Å². The van der Waals surface area contributed by atoms with E-state index >= 15 is 0 Å². The molecule has 1 heteroatoms. The Labute approximate surface area is 149 Å². The van der Waals surface area contributed by atoms with Crippen LogP contribution in [0.25, 0.3) is 0 Å². The van der Waals surface area contributed by atoms with Crippen LogP contribution >= 0.6 is 0 Å². The predicted octanol–water partition coefficient (Wildman–Crippen LogP) is 6.75. The molecular weight excluding hydrogens is 290 g/mol. The summed E-state index contributed by atoms with van der Waals surface area (Å²) in [5, 5.41) is 9.19. The van der Waals surface area contributed by atoms with Crippen LogP contribution in [0.2, 0.25) is 0 Å². The molecule has 0 aliphatic heterocycles. The van der Waals surface area contributed by atoms with Crippen molar-refractivity contribution in [1.29, 1.82) is 5.26 Å². The Morgan fingerprint density at radius 1 is 1.17 bits per heavy atom. The minimum absolute atomic E-state index is 0.328. The number of rotatable bonds is 3. The maximum atomic E-state index is 9.19. The quantitative estimate of drug-likeness (QED) is 0.526. The number of nitriles is 1. The average Bonchev–Trinajstić information content (AvgIpc) is 2.84. The highest BCUT2D eigenvalue weighted by atomic mass is 14.6. The molecule has 0 spiro atoms. The topological polar surface area (TPSA) is 23.8 Å². The minimum atomic E-state index is 0.328. The third-order valence-electron chi connectivity index (χ3n) is 8.49. The Morgan fingerprint density at radius 3 is 2.54 bits per heavy atom. The molecule has 0 aromatic carbocycles. The summed E-state index contributed by atoms with van der Waals surface area (Å²) < 4.78 is 0. The van der Waals surface area contributed by atoms with Crippen molar-refractivity contribution in [2.45, 2.75) is 86.0 Å². The molecule has 5 unspecified atom stereocenters. The van der Waals surface area contributed by atoms with Gasteiger partial charge in [0.1, 0.15) is 0 Å². The normalized spacial score (nSPS) is 46.6. The van der Waals surface area contributed by atoms with Gasteiger partial charge in [-0.05, 0) is 85.4 Å². The van der Waals surface area contributed by atoms with Crippen LogP contribution in [0.4, 0.5) is 0 Å². The van der Waals surface area contributed by atoms with Crippen molar-refractivity contribution < 1.29 is 0 Å². The Bertz CT molecular complexity index is 539. The molecule has 0 amide bonds. The highest BCUT2D eigenvalue weighted by molar-refractivity contribution is 5.28. The Kier molecular flexibility index (Phi) is 4.89. The lowest BCUT2D eigenvalue weighted by Crippen LogP contribution is -2.51. The SMILES string of the molecule is CCC1CCC2C3CC/C(=C/C#N)C3(C)CCC2[C@@]1(C)CC(C)C. The van der Waals surface area contributed by atoms with E-state index in [2.05, 4.69) is 40.7 Å². The lowest BCUT2D eigenvalue weighted by molar-refractivity contribution is -0.0900. The van der Waals surface area contributed by atoms with E-state index in [9.17, 15) is 5.26 Å². The van der Waals surface area contributed by atoms with E-state index in [4.69, 9.17) is 0 Å². The zero-order valence-corrected chi connectivity index (χ0v) is 16.6. The summed E-state index contributed by atoms with van der Waals surface area (Å²) in [6.07, 6.45) is 12.7. The fourth-order valence-electron chi connectivity index (χ4n) is 7.57. The molecule has 0 aromatic heterocycles. The van der Waals surface area contributed by atoms with Gasteiger partial charge in [-0.25, -0.2) is 0 Å². The molecule has 0 aromatic rings. The van der Waals surface area contributed by atoms with E-state index in [1.165, 1.54) is 56.9 Å². The fourth-order valence-corrected chi connectivity index (χ4v) is 7.57. The van der Waals surface area contributed by atoms with Gasteiger partial charge in [-0.15, -0.1) is 0 Å². The molecule has 6 atom stereocenters. The molecule has 0 radical (unpaired) electrons. The van der Waals surface area contributed by atoms with Crippen LogP contribution in [0, 0.1) is 51.8 Å². The van der Waals surface area contributed by atoms with Crippen molar-refractivity contribution in [3.63, 3.8) is 0 Å². The van der Waals surface area contributed by atoms with Gasteiger partial charge in [0, 0.05) is 6.08 Å². The molecule has 3 fully saturated rings. The molecule has 0 N–H and O–H groups in total. The summed E-state index contributed by atoms with van der Waals surface area (Å²) in [6.45, 7) is 12.4. The molecular formula is C23H37N. The average molecular weight is 328 g/mol. The third kappa shape index (κ3) is 2.65. The highest BCUT2D eigenvalue weighted by Gasteiger charge is 2.57. The van der Waals surface area contributed by atoms with E-state index in [1.807, 2.05) is 6.08 Å². The maximum Gasteiger partial charge on any atom is 0.0911 e. The van der Waals surface area contributed by atoms with Crippen LogP contribution < -0.4 is 0 Å². The van der Waals surface area contributed by atoms with Gasteiger partial charge in [0.05, 0.1) is 6.07 Å². The third-order valence-corrected chi connectivity index (χ3v) is 8.49. The van der Waals surface area contributed by atoms with Crippen LogP contribution in [0.15, 0.2) is 11.6 Å². The predicted molar refractivity (Wildman–Crippen MR) is 101 cm³/mol. The molecule has 134 valence electrons. The Balaban J connectivity index is 1.92. The summed E-state index contributed by atoms with van der Waals surface area (Å²) in [7, 11) is 0. The molecule has 0 heterocycles. The first-order valence-electron chi connectivity index (χ1n) is 10.5. The molecule has 3 aliphatic carbocycles. The fraction of sp³-hybridized carbons (Fsp3) is 0.870. The first-order chi connectivity index (χ1) is 11.4. The zero-order valence-electron chi connectivity index (χ0n) is 16.6. The molecule has 1 nitrogen and oxygen atoms in total. The molecule has 0 saturated heterocycles. The van der Waals surface area contributed by atoms with Gasteiger partial charge in [0.2, 0.25) is 0 Å². The van der Waals surface area contributed by atoms with Crippen molar-refractivity contribution >= 4 is 0 Å². The van der Waals surface area contributed by atoms with Gasteiger partial charge in [-0.3, -0.25) is 0 Å². The van der Waals surface area contributed by atoms with Crippen LogP contribution in [0.3, 0.4) is 0 Å². The number of hydrogen-bond donors (Lipinski definition) is 0. The number of fused-ring (bicyclic) bond motifs is 3. The van der Waals surface area contributed by atoms with Crippen LogP contribution in [0.5, 0.6) is 0 Å². The smallest absolute Gasteiger partial charge is 0.0911 e. The Morgan fingerprint density at radius 2 is 1.92 bits per heavy atom. The summed E-state index contributed by atoms with van der Waals surface area (Å²) in [5.74, 6) is 4.37. The molecule has 24 heavy (non-hydrogen) atoms. The van der Waals surface area contributed by atoms with Crippen molar-refractivity contribution in [3.8, 4) is 6.07 Å². The Hall–Kier alpha value is -0.770. The maximum absolute atomic E-state index is 9.19. The van der Waals surface area contributed by atoms with E-state index < -0.39 is 0 Å². The summed E-state index contributed by atoms with van der Waals surface area (Å²) in [4.78, 5) is 0. The van der Waals surface area contributed by atoms with E-state index in [1.54, 1.807) is 0 Å². The van der Waals surface area contributed by atoms with Crippen LogP contribution in [0.1, 0.15) is 86.0 Å². The number of nitrogens with zero attached hydrogens (tertiary/aromatic N) is 1. The monoisotopic (exact) mass is 327 g/mol. The van der Waals surface area contributed by atoms with Crippen LogP contribution in [-0.2, 0) is 0 Å². The standard InChI is InChI=1S/C23H37N/c1-6-17-7-9-19-20-10-8-18(12-14-24)22(20,4)13-11-21(19)23(17,5)15-16(2)3/h12,16-17,19-21H,6-11,13,15H2,1-5H3/b18-12-/t17?,19?,20?,21?,22?,23-/m0/s1. The number of hydrogen-bond acceptors (Lipinski definition) is 1. The zero-order chi connectivity index (χ0) is 17.5. The van der Waals surface area contributed by atoms with Gasteiger partial charge < -0.3 is 0 Å².